The molecule has 128 valence electrons. The number of nitrogens with zero attached hydrogens (tertiary/aromatic N) is 4. The highest BCUT2D eigenvalue weighted by molar-refractivity contribution is 5.94. The van der Waals surface area contributed by atoms with E-state index in [1.165, 1.54) is 0 Å². The third-order valence-electron chi connectivity index (χ3n) is 3.86. The molecule has 0 radical (unpaired) electrons. The van der Waals surface area contributed by atoms with E-state index in [9.17, 15) is 4.79 Å². The van der Waals surface area contributed by atoms with Gasteiger partial charge in [-0.1, -0.05) is 5.16 Å². The second-order valence-electron chi connectivity index (χ2n) is 5.59. The Bertz CT molecular complexity index is 730. The van der Waals surface area contributed by atoms with Crippen LogP contribution in [0.2, 0.25) is 0 Å². The molecule has 1 aliphatic rings. The molecule has 1 aliphatic carbocycles. The standard InChI is InChI=1S/C15H20N6O3/c1-23-7-6-11-19-12(24-21-11)8-17-14(22)13-9-4-2-3-5-10(9)18-15(16)20-13/h2-8H2,1H3,(H,17,22)(H2,16,18,20). The lowest BCUT2D eigenvalue weighted by molar-refractivity contribution is 0.0939. The summed E-state index contributed by atoms with van der Waals surface area (Å²) < 4.78 is 10.1. The van der Waals surface area contributed by atoms with Crippen LogP contribution in [0.4, 0.5) is 5.95 Å². The molecule has 9 heteroatoms. The number of rotatable bonds is 6. The van der Waals surface area contributed by atoms with Crippen molar-refractivity contribution in [3.63, 3.8) is 0 Å². The molecule has 0 aliphatic heterocycles. The zero-order valence-electron chi connectivity index (χ0n) is 13.5. The van der Waals surface area contributed by atoms with E-state index in [2.05, 4.69) is 25.4 Å². The second kappa shape index (κ2) is 7.35. The van der Waals surface area contributed by atoms with E-state index in [1.54, 1.807) is 7.11 Å². The molecule has 3 N–H and O–H groups in total. The molecule has 0 atom stereocenters. The summed E-state index contributed by atoms with van der Waals surface area (Å²) in [6.07, 6.45) is 4.25. The van der Waals surface area contributed by atoms with Crippen LogP contribution in [0, 0.1) is 0 Å². The zero-order valence-corrected chi connectivity index (χ0v) is 13.5. The van der Waals surface area contributed by atoms with Crippen molar-refractivity contribution in [2.24, 2.45) is 0 Å². The first-order chi connectivity index (χ1) is 11.7. The molecule has 0 bridgehead atoms. The minimum absolute atomic E-state index is 0.125. The fraction of sp³-hybridized carbons (Fsp3) is 0.533. The Hall–Kier alpha value is -2.55. The number of ether oxygens (including phenoxy) is 1. The Balaban J connectivity index is 1.67. The minimum atomic E-state index is -0.307. The van der Waals surface area contributed by atoms with Crippen molar-refractivity contribution in [3.05, 3.63) is 28.7 Å². The van der Waals surface area contributed by atoms with Crippen molar-refractivity contribution >= 4 is 11.9 Å². The first-order valence-electron chi connectivity index (χ1n) is 7.91. The maximum absolute atomic E-state index is 12.5. The van der Waals surface area contributed by atoms with Crippen molar-refractivity contribution in [1.29, 1.82) is 0 Å². The lowest BCUT2D eigenvalue weighted by Gasteiger charge is -2.17. The van der Waals surface area contributed by atoms with Gasteiger partial charge in [0.25, 0.3) is 5.91 Å². The molecule has 0 fully saturated rings. The minimum Gasteiger partial charge on any atom is -0.384 e. The number of fused-ring (bicyclic) bond motifs is 1. The molecule has 2 aromatic heterocycles. The fourth-order valence-corrected chi connectivity index (χ4v) is 2.70. The van der Waals surface area contributed by atoms with Crippen molar-refractivity contribution in [3.8, 4) is 0 Å². The average Bonchev–Trinajstić information content (AvgIpc) is 3.05. The summed E-state index contributed by atoms with van der Waals surface area (Å²) in [5.74, 6) is 0.703. The summed E-state index contributed by atoms with van der Waals surface area (Å²) in [6.45, 7) is 0.648. The largest absolute Gasteiger partial charge is 0.384 e. The Labute approximate surface area is 139 Å². The van der Waals surface area contributed by atoms with Gasteiger partial charge in [-0.25, -0.2) is 9.97 Å². The van der Waals surface area contributed by atoms with Gasteiger partial charge in [0.15, 0.2) is 5.82 Å². The van der Waals surface area contributed by atoms with E-state index in [0.29, 0.717) is 30.4 Å². The maximum Gasteiger partial charge on any atom is 0.270 e. The lowest BCUT2D eigenvalue weighted by Crippen LogP contribution is -2.27. The van der Waals surface area contributed by atoms with Crippen LogP contribution in [0.25, 0.3) is 0 Å². The van der Waals surface area contributed by atoms with Crippen LogP contribution in [0.15, 0.2) is 4.52 Å². The van der Waals surface area contributed by atoms with Crippen LogP contribution in [-0.2, 0) is 30.5 Å². The molecular formula is C15H20N6O3. The number of amides is 1. The smallest absolute Gasteiger partial charge is 0.270 e. The Morgan fingerprint density at radius 3 is 2.96 bits per heavy atom. The zero-order chi connectivity index (χ0) is 16.9. The summed E-state index contributed by atoms with van der Waals surface area (Å²) in [7, 11) is 1.61. The average molecular weight is 332 g/mol. The van der Waals surface area contributed by atoms with Gasteiger partial charge in [-0.3, -0.25) is 4.79 Å². The van der Waals surface area contributed by atoms with Crippen LogP contribution in [0.3, 0.4) is 0 Å². The number of aryl methyl sites for hydroxylation is 1. The number of aromatic nitrogens is 4. The SMILES string of the molecule is COCCc1noc(CNC(=O)c2nc(N)nc3c2CCCC3)n1. The van der Waals surface area contributed by atoms with Gasteiger partial charge in [-0.15, -0.1) is 0 Å². The topological polar surface area (TPSA) is 129 Å². The summed E-state index contributed by atoms with van der Waals surface area (Å²) in [5.41, 5.74) is 7.83. The first kappa shape index (κ1) is 16.3. The Kier molecular flexibility index (Phi) is 4.99. The van der Waals surface area contributed by atoms with Gasteiger partial charge >= 0.3 is 0 Å². The first-order valence-corrected chi connectivity index (χ1v) is 7.91. The Morgan fingerprint density at radius 2 is 2.12 bits per heavy atom. The molecule has 2 heterocycles. The van der Waals surface area contributed by atoms with E-state index in [0.717, 1.165) is 36.9 Å². The summed E-state index contributed by atoms with van der Waals surface area (Å²) in [4.78, 5) is 25.0. The summed E-state index contributed by atoms with van der Waals surface area (Å²) in [6, 6.07) is 0. The van der Waals surface area contributed by atoms with Crippen molar-refractivity contribution < 1.29 is 14.1 Å². The van der Waals surface area contributed by atoms with Gasteiger partial charge < -0.3 is 20.3 Å². The molecule has 1 amide bonds. The van der Waals surface area contributed by atoms with Crippen LogP contribution >= 0.6 is 0 Å². The summed E-state index contributed by atoms with van der Waals surface area (Å²) >= 11 is 0. The van der Waals surface area contributed by atoms with Gasteiger partial charge in [0.1, 0.15) is 5.69 Å². The number of nitrogens with one attached hydrogen (secondary N) is 1. The highest BCUT2D eigenvalue weighted by Crippen LogP contribution is 2.22. The number of hydrogen-bond donors (Lipinski definition) is 2. The number of nitrogens with two attached hydrogens (primary N) is 1. The summed E-state index contributed by atoms with van der Waals surface area (Å²) in [5, 5.41) is 6.58. The van der Waals surface area contributed by atoms with E-state index < -0.39 is 0 Å². The van der Waals surface area contributed by atoms with E-state index in [-0.39, 0.29) is 18.4 Å². The lowest BCUT2D eigenvalue weighted by atomic mass is 9.94. The van der Waals surface area contributed by atoms with Gasteiger partial charge in [0.05, 0.1) is 13.2 Å². The number of methoxy groups -OCH3 is 1. The number of nitrogen functional groups attached to an aromatic ring is 1. The highest BCUT2D eigenvalue weighted by Gasteiger charge is 2.22. The third kappa shape index (κ3) is 3.67. The number of anilines is 1. The third-order valence-corrected chi connectivity index (χ3v) is 3.86. The molecule has 0 spiro atoms. The van der Waals surface area contributed by atoms with E-state index in [4.69, 9.17) is 15.0 Å². The molecule has 0 saturated carbocycles. The molecule has 0 saturated heterocycles. The number of carbonyl (C=O) groups is 1. The fourth-order valence-electron chi connectivity index (χ4n) is 2.70. The molecule has 2 aromatic rings. The van der Waals surface area contributed by atoms with Gasteiger partial charge in [0, 0.05) is 24.8 Å². The maximum atomic E-state index is 12.5. The second-order valence-corrected chi connectivity index (χ2v) is 5.59. The number of carbonyl (C=O) groups excluding carboxylic acids is 1. The normalized spacial score (nSPS) is 13.5. The monoisotopic (exact) mass is 332 g/mol. The van der Waals surface area contributed by atoms with Crippen LogP contribution in [-0.4, -0.2) is 39.7 Å². The van der Waals surface area contributed by atoms with Crippen LogP contribution in [0.5, 0.6) is 0 Å². The molecule has 0 aromatic carbocycles. The predicted molar refractivity (Wildman–Crippen MR) is 84.1 cm³/mol. The molecule has 3 rings (SSSR count). The van der Waals surface area contributed by atoms with Gasteiger partial charge in [-0.05, 0) is 25.7 Å². The Morgan fingerprint density at radius 1 is 1.29 bits per heavy atom. The molecule has 9 nitrogen and oxygen atoms in total. The van der Waals surface area contributed by atoms with Crippen molar-refractivity contribution in [1.82, 2.24) is 25.4 Å². The predicted octanol–water partition coefficient (Wildman–Crippen LogP) is 0.440. The highest BCUT2D eigenvalue weighted by atomic mass is 16.5. The van der Waals surface area contributed by atoms with Crippen LogP contribution < -0.4 is 11.1 Å². The molecule has 24 heavy (non-hydrogen) atoms. The van der Waals surface area contributed by atoms with E-state index >= 15 is 0 Å². The van der Waals surface area contributed by atoms with Gasteiger partial charge in [-0.2, -0.15) is 4.98 Å². The molecular weight excluding hydrogens is 312 g/mol. The van der Waals surface area contributed by atoms with Crippen molar-refractivity contribution in [2.75, 3.05) is 19.5 Å². The quantitative estimate of drug-likeness (QED) is 0.779. The van der Waals surface area contributed by atoms with Gasteiger partial charge in [0.2, 0.25) is 11.8 Å². The number of hydrogen-bond acceptors (Lipinski definition) is 8. The van der Waals surface area contributed by atoms with Crippen LogP contribution in [0.1, 0.15) is 46.3 Å². The van der Waals surface area contributed by atoms with Crippen molar-refractivity contribution in [2.45, 2.75) is 38.6 Å². The van der Waals surface area contributed by atoms with E-state index in [1.807, 2.05) is 0 Å². The molecule has 0 unspecified atom stereocenters.